The minimum atomic E-state index is 0.245. The second-order valence-corrected chi connectivity index (χ2v) is 8.02. The molecule has 2 heteroatoms. The highest BCUT2D eigenvalue weighted by Gasteiger charge is 2.39. The summed E-state index contributed by atoms with van der Waals surface area (Å²) in [4.78, 5) is 2.83. The van der Waals surface area contributed by atoms with Crippen LogP contribution in [-0.4, -0.2) is 29.6 Å². The summed E-state index contributed by atoms with van der Waals surface area (Å²) in [5.74, 6) is 1.75. The SMILES string of the molecule is CC(C)CCN(C1CCCC1)C(C)(CN)CC1CCC1. The molecular weight excluding hydrogens is 244 g/mol. The van der Waals surface area contributed by atoms with Gasteiger partial charge in [0, 0.05) is 18.1 Å². The first-order chi connectivity index (χ1) is 9.55. The molecule has 0 aromatic heterocycles. The Kier molecular flexibility index (Phi) is 5.92. The van der Waals surface area contributed by atoms with Crippen LogP contribution in [0.15, 0.2) is 0 Å². The molecule has 118 valence electrons. The highest BCUT2D eigenvalue weighted by molar-refractivity contribution is 4.95. The van der Waals surface area contributed by atoms with Crippen molar-refractivity contribution in [3.63, 3.8) is 0 Å². The molecule has 2 aliphatic carbocycles. The summed E-state index contributed by atoms with van der Waals surface area (Å²) in [5.41, 5.74) is 6.51. The monoisotopic (exact) mass is 280 g/mol. The standard InChI is InChI=1S/C18H36N2/c1-15(2)11-12-20(17-9-4-5-10-17)18(3,14-19)13-16-7-6-8-16/h15-17H,4-14,19H2,1-3H3. The molecule has 0 aliphatic heterocycles. The van der Waals surface area contributed by atoms with Crippen LogP contribution in [0.25, 0.3) is 0 Å². The van der Waals surface area contributed by atoms with Gasteiger partial charge in [-0.15, -0.1) is 0 Å². The summed E-state index contributed by atoms with van der Waals surface area (Å²) in [6.07, 6.45) is 12.6. The summed E-state index contributed by atoms with van der Waals surface area (Å²) < 4.78 is 0. The Morgan fingerprint density at radius 3 is 2.20 bits per heavy atom. The van der Waals surface area contributed by atoms with Crippen LogP contribution >= 0.6 is 0 Å². The van der Waals surface area contributed by atoms with Crippen molar-refractivity contribution >= 4 is 0 Å². The van der Waals surface area contributed by atoms with Gasteiger partial charge in [0.25, 0.3) is 0 Å². The maximum absolute atomic E-state index is 6.27. The lowest BCUT2D eigenvalue weighted by Crippen LogP contribution is -2.57. The van der Waals surface area contributed by atoms with Crippen molar-refractivity contribution in [2.24, 2.45) is 17.6 Å². The Labute approximate surface area is 126 Å². The Morgan fingerprint density at radius 1 is 1.10 bits per heavy atom. The van der Waals surface area contributed by atoms with Crippen molar-refractivity contribution in [2.45, 2.75) is 90.1 Å². The maximum atomic E-state index is 6.27. The molecule has 0 bridgehead atoms. The van der Waals surface area contributed by atoms with Gasteiger partial charge < -0.3 is 5.73 Å². The molecule has 2 aliphatic rings. The van der Waals surface area contributed by atoms with Crippen LogP contribution in [0.4, 0.5) is 0 Å². The van der Waals surface area contributed by atoms with Crippen LogP contribution in [0.1, 0.15) is 78.6 Å². The zero-order valence-electron chi connectivity index (χ0n) is 14.0. The Morgan fingerprint density at radius 2 is 1.75 bits per heavy atom. The number of hydrogen-bond donors (Lipinski definition) is 1. The molecular formula is C18H36N2. The second kappa shape index (κ2) is 7.26. The summed E-state index contributed by atoms with van der Waals surface area (Å²) in [6, 6.07) is 0.808. The van der Waals surface area contributed by atoms with E-state index >= 15 is 0 Å². The third-order valence-corrected chi connectivity index (χ3v) is 5.80. The van der Waals surface area contributed by atoms with Gasteiger partial charge in [0.05, 0.1) is 0 Å². The molecule has 1 unspecified atom stereocenters. The molecule has 2 nitrogen and oxygen atoms in total. The van der Waals surface area contributed by atoms with E-state index in [0.717, 1.165) is 24.4 Å². The molecule has 0 radical (unpaired) electrons. The van der Waals surface area contributed by atoms with Crippen molar-refractivity contribution in [1.82, 2.24) is 4.90 Å². The third-order valence-electron chi connectivity index (χ3n) is 5.80. The molecule has 0 spiro atoms. The lowest BCUT2D eigenvalue weighted by molar-refractivity contribution is 0.0280. The summed E-state index contributed by atoms with van der Waals surface area (Å²) in [6.45, 7) is 9.22. The quantitative estimate of drug-likeness (QED) is 0.722. The first-order valence-electron chi connectivity index (χ1n) is 9.02. The fraction of sp³-hybridized carbons (Fsp3) is 1.00. The number of rotatable bonds is 8. The molecule has 0 saturated heterocycles. The predicted molar refractivity (Wildman–Crippen MR) is 87.8 cm³/mol. The number of hydrogen-bond acceptors (Lipinski definition) is 2. The van der Waals surface area contributed by atoms with E-state index < -0.39 is 0 Å². The maximum Gasteiger partial charge on any atom is 0.0309 e. The highest BCUT2D eigenvalue weighted by atomic mass is 15.2. The Balaban J connectivity index is 2.03. The minimum Gasteiger partial charge on any atom is -0.329 e. The first-order valence-corrected chi connectivity index (χ1v) is 9.02. The Hall–Kier alpha value is -0.0800. The zero-order valence-corrected chi connectivity index (χ0v) is 14.0. The van der Waals surface area contributed by atoms with Gasteiger partial charge in [0.2, 0.25) is 0 Å². The van der Waals surface area contributed by atoms with Gasteiger partial charge in [0.1, 0.15) is 0 Å². The van der Waals surface area contributed by atoms with Crippen LogP contribution in [0, 0.1) is 11.8 Å². The van der Waals surface area contributed by atoms with Gasteiger partial charge in [-0.2, -0.15) is 0 Å². The lowest BCUT2D eigenvalue weighted by Gasteiger charge is -2.48. The fourth-order valence-electron chi connectivity index (χ4n) is 4.14. The Bertz CT molecular complexity index is 279. The van der Waals surface area contributed by atoms with Crippen LogP contribution in [-0.2, 0) is 0 Å². The van der Waals surface area contributed by atoms with E-state index in [9.17, 15) is 0 Å². The van der Waals surface area contributed by atoms with Crippen molar-refractivity contribution in [3.05, 3.63) is 0 Å². The molecule has 0 heterocycles. The van der Waals surface area contributed by atoms with Gasteiger partial charge in [-0.05, 0) is 51.0 Å². The second-order valence-electron chi connectivity index (χ2n) is 8.02. The summed E-state index contributed by atoms with van der Waals surface area (Å²) >= 11 is 0. The lowest BCUT2D eigenvalue weighted by atomic mass is 9.75. The van der Waals surface area contributed by atoms with E-state index in [1.807, 2.05) is 0 Å². The van der Waals surface area contributed by atoms with Crippen LogP contribution < -0.4 is 5.73 Å². The fourth-order valence-corrected chi connectivity index (χ4v) is 4.14. The predicted octanol–water partition coefficient (Wildman–Crippen LogP) is 4.18. The molecule has 0 amide bonds. The third kappa shape index (κ3) is 3.98. The van der Waals surface area contributed by atoms with Gasteiger partial charge in [-0.1, -0.05) is 46.0 Å². The van der Waals surface area contributed by atoms with Gasteiger partial charge >= 0.3 is 0 Å². The molecule has 2 rings (SSSR count). The first kappa shape index (κ1) is 16.3. The smallest absolute Gasteiger partial charge is 0.0309 e. The van der Waals surface area contributed by atoms with Gasteiger partial charge in [0.15, 0.2) is 0 Å². The molecule has 1 atom stereocenters. The van der Waals surface area contributed by atoms with E-state index in [0.29, 0.717) is 0 Å². The van der Waals surface area contributed by atoms with Crippen molar-refractivity contribution in [3.8, 4) is 0 Å². The van der Waals surface area contributed by atoms with Crippen molar-refractivity contribution < 1.29 is 0 Å². The topological polar surface area (TPSA) is 29.3 Å². The summed E-state index contributed by atoms with van der Waals surface area (Å²) in [5, 5.41) is 0. The molecule has 2 fully saturated rings. The van der Waals surface area contributed by atoms with E-state index in [-0.39, 0.29) is 5.54 Å². The molecule has 0 aromatic rings. The molecule has 20 heavy (non-hydrogen) atoms. The summed E-state index contributed by atoms with van der Waals surface area (Å²) in [7, 11) is 0. The van der Waals surface area contributed by atoms with Crippen molar-refractivity contribution in [2.75, 3.05) is 13.1 Å². The molecule has 0 aromatic carbocycles. The van der Waals surface area contributed by atoms with E-state index in [2.05, 4.69) is 25.7 Å². The van der Waals surface area contributed by atoms with E-state index in [1.165, 1.54) is 64.3 Å². The molecule has 2 N–H and O–H groups in total. The van der Waals surface area contributed by atoms with Crippen LogP contribution in [0.5, 0.6) is 0 Å². The number of nitrogens with zero attached hydrogens (tertiary/aromatic N) is 1. The molecule has 2 saturated carbocycles. The normalized spacial score (nSPS) is 24.3. The largest absolute Gasteiger partial charge is 0.329 e. The van der Waals surface area contributed by atoms with Crippen molar-refractivity contribution in [1.29, 1.82) is 0 Å². The van der Waals surface area contributed by atoms with Gasteiger partial charge in [-0.25, -0.2) is 0 Å². The minimum absolute atomic E-state index is 0.245. The average Bonchev–Trinajstić information content (AvgIpc) is 2.87. The van der Waals surface area contributed by atoms with E-state index in [4.69, 9.17) is 5.73 Å². The number of nitrogens with two attached hydrogens (primary N) is 1. The highest BCUT2D eigenvalue weighted by Crippen LogP contribution is 2.38. The van der Waals surface area contributed by atoms with E-state index in [1.54, 1.807) is 0 Å². The zero-order chi connectivity index (χ0) is 14.6. The van der Waals surface area contributed by atoms with Crippen LogP contribution in [0.2, 0.25) is 0 Å². The van der Waals surface area contributed by atoms with Crippen LogP contribution in [0.3, 0.4) is 0 Å². The average molecular weight is 280 g/mol. The van der Waals surface area contributed by atoms with Gasteiger partial charge in [-0.3, -0.25) is 4.90 Å².